The number of aromatic nitrogens is 1. The quantitative estimate of drug-likeness (QED) is 0.550. The van der Waals surface area contributed by atoms with Gasteiger partial charge >= 0.3 is 0 Å². The molecule has 1 rings (SSSR count). The molecule has 7 nitrogen and oxygen atoms in total. The van der Waals surface area contributed by atoms with Gasteiger partial charge in [0.05, 0.1) is 23.7 Å². The summed E-state index contributed by atoms with van der Waals surface area (Å²) in [7, 11) is 1.66. The number of nitrogens with one attached hydrogen (secondary N) is 1. The van der Waals surface area contributed by atoms with Crippen molar-refractivity contribution in [3.8, 4) is 0 Å². The van der Waals surface area contributed by atoms with E-state index in [2.05, 4.69) is 17.2 Å². The van der Waals surface area contributed by atoms with E-state index in [0.29, 0.717) is 24.7 Å². The molecule has 0 saturated carbocycles. The number of aliphatic hydroxyl groups excluding tert-OH is 1. The highest BCUT2D eigenvalue weighted by atomic mass is 16.6. The van der Waals surface area contributed by atoms with Gasteiger partial charge in [-0.3, -0.25) is 10.1 Å². The summed E-state index contributed by atoms with van der Waals surface area (Å²) in [6.07, 6.45) is 1.95. The molecule has 1 heterocycles. The van der Waals surface area contributed by atoms with Crippen LogP contribution in [0.15, 0.2) is 12.1 Å². The molecular formula is C12H20N4O3. The minimum absolute atomic E-state index is 0.00575. The van der Waals surface area contributed by atoms with Crippen LogP contribution >= 0.6 is 0 Å². The Morgan fingerprint density at radius 1 is 1.47 bits per heavy atom. The Bertz CT molecular complexity index is 425. The van der Waals surface area contributed by atoms with Gasteiger partial charge < -0.3 is 15.3 Å². The van der Waals surface area contributed by atoms with E-state index in [-0.39, 0.29) is 12.3 Å². The Morgan fingerprint density at radius 2 is 2.21 bits per heavy atom. The van der Waals surface area contributed by atoms with Gasteiger partial charge in [0.25, 0.3) is 5.69 Å². The van der Waals surface area contributed by atoms with Crippen LogP contribution in [0.4, 0.5) is 17.3 Å². The minimum Gasteiger partial charge on any atom is -0.395 e. The molecule has 0 aliphatic rings. The maximum Gasteiger partial charge on any atom is 0.276 e. The molecule has 0 fully saturated rings. The summed E-state index contributed by atoms with van der Waals surface area (Å²) in [6, 6.07) is 2.83. The van der Waals surface area contributed by atoms with Gasteiger partial charge in [0.2, 0.25) is 0 Å². The Hall–Kier alpha value is -1.89. The van der Waals surface area contributed by atoms with Crippen molar-refractivity contribution in [1.82, 2.24) is 4.98 Å². The second-order valence-electron chi connectivity index (χ2n) is 4.14. The van der Waals surface area contributed by atoms with Crippen molar-refractivity contribution in [1.29, 1.82) is 0 Å². The lowest BCUT2D eigenvalue weighted by atomic mass is 10.3. The molecule has 0 spiro atoms. The number of anilines is 2. The molecule has 0 bridgehead atoms. The van der Waals surface area contributed by atoms with Crippen LogP contribution in [0.1, 0.15) is 19.8 Å². The van der Waals surface area contributed by atoms with Gasteiger partial charge in [-0.2, -0.15) is 0 Å². The van der Waals surface area contributed by atoms with Crippen LogP contribution in [0.5, 0.6) is 0 Å². The van der Waals surface area contributed by atoms with Crippen molar-refractivity contribution < 1.29 is 10.0 Å². The van der Waals surface area contributed by atoms with Crippen molar-refractivity contribution in [2.45, 2.75) is 19.8 Å². The first-order chi connectivity index (χ1) is 9.12. The Morgan fingerprint density at radius 3 is 2.74 bits per heavy atom. The standard InChI is InChI=1S/C12H20N4O3/c1-3-4-5-15(6-7-17)12-9-10(16(18)19)8-11(13-2)14-12/h8-9,17H,3-7H2,1-2H3,(H,13,14). The lowest BCUT2D eigenvalue weighted by molar-refractivity contribution is -0.384. The highest BCUT2D eigenvalue weighted by Crippen LogP contribution is 2.23. The van der Waals surface area contributed by atoms with Crippen molar-refractivity contribution in [2.24, 2.45) is 0 Å². The zero-order valence-corrected chi connectivity index (χ0v) is 11.3. The molecule has 1 aromatic rings. The number of nitrogens with zero attached hydrogens (tertiary/aromatic N) is 3. The Labute approximate surface area is 112 Å². The number of unbranched alkanes of at least 4 members (excludes halogenated alkanes) is 1. The fourth-order valence-electron chi connectivity index (χ4n) is 1.71. The third-order valence-corrected chi connectivity index (χ3v) is 2.74. The van der Waals surface area contributed by atoms with Gasteiger partial charge in [-0.25, -0.2) is 4.98 Å². The zero-order chi connectivity index (χ0) is 14.3. The topological polar surface area (TPSA) is 91.5 Å². The predicted molar refractivity (Wildman–Crippen MR) is 74.6 cm³/mol. The van der Waals surface area contributed by atoms with Crippen LogP contribution in [-0.4, -0.2) is 41.8 Å². The average molecular weight is 268 g/mol. The van der Waals surface area contributed by atoms with E-state index in [9.17, 15) is 10.1 Å². The number of nitro groups is 1. The number of pyridine rings is 1. The van der Waals surface area contributed by atoms with Crippen LogP contribution in [0, 0.1) is 10.1 Å². The zero-order valence-electron chi connectivity index (χ0n) is 11.3. The van der Waals surface area contributed by atoms with E-state index in [1.54, 1.807) is 7.05 Å². The molecule has 0 unspecified atom stereocenters. The maximum absolute atomic E-state index is 10.9. The van der Waals surface area contributed by atoms with Gasteiger partial charge in [0.1, 0.15) is 11.6 Å². The van der Waals surface area contributed by atoms with Gasteiger partial charge in [-0.1, -0.05) is 13.3 Å². The molecule has 0 radical (unpaired) electrons. The smallest absolute Gasteiger partial charge is 0.276 e. The van der Waals surface area contributed by atoms with Crippen LogP contribution in [0.3, 0.4) is 0 Å². The maximum atomic E-state index is 10.9. The van der Waals surface area contributed by atoms with E-state index in [0.717, 1.165) is 12.8 Å². The molecular weight excluding hydrogens is 248 g/mol. The monoisotopic (exact) mass is 268 g/mol. The Balaban J connectivity index is 3.05. The molecule has 0 aliphatic heterocycles. The fourth-order valence-corrected chi connectivity index (χ4v) is 1.71. The molecule has 0 saturated heterocycles. The molecule has 2 N–H and O–H groups in total. The van der Waals surface area contributed by atoms with Crippen molar-refractivity contribution in [3.63, 3.8) is 0 Å². The number of rotatable bonds is 8. The van der Waals surface area contributed by atoms with Crippen LogP contribution in [0.25, 0.3) is 0 Å². The van der Waals surface area contributed by atoms with Crippen molar-refractivity contribution in [2.75, 3.05) is 37.0 Å². The number of hydrogen-bond acceptors (Lipinski definition) is 6. The molecule has 0 aromatic carbocycles. The third kappa shape index (κ3) is 4.36. The minimum atomic E-state index is -0.442. The first-order valence-electron chi connectivity index (χ1n) is 6.32. The van der Waals surface area contributed by atoms with E-state index >= 15 is 0 Å². The van der Waals surface area contributed by atoms with E-state index in [4.69, 9.17) is 5.11 Å². The van der Waals surface area contributed by atoms with Crippen LogP contribution in [-0.2, 0) is 0 Å². The van der Waals surface area contributed by atoms with E-state index in [1.165, 1.54) is 12.1 Å². The summed E-state index contributed by atoms with van der Waals surface area (Å²) < 4.78 is 0. The number of aliphatic hydroxyl groups is 1. The van der Waals surface area contributed by atoms with Gasteiger partial charge in [-0.15, -0.1) is 0 Å². The predicted octanol–water partition coefficient (Wildman–Crippen LogP) is 1.63. The summed E-state index contributed by atoms with van der Waals surface area (Å²) in [4.78, 5) is 16.6. The number of hydrogen-bond donors (Lipinski definition) is 2. The fraction of sp³-hybridized carbons (Fsp3) is 0.583. The molecule has 0 amide bonds. The normalized spacial score (nSPS) is 10.3. The molecule has 7 heteroatoms. The molecule has 0 aliphatic carbocycles. The SMILES string of the molecule is CCCCN(CCO)c1cc([N+](=O)[O-])cc(NC)n1. The summed E-state index contributed by atoms with van der Waals surface area (Å²) in [6.45, 7) is 3.19. The lowest BCUT2D eigenvalue weighted by Crippen LogP contribution is -2.28. The highest BCUT2D eigenvalue weighted by Gasteiger charge is 2.15. The highest BCUT2D eigenvalue weighted by molar-refractivity contribution is 5.55. The van der Waals surface area contributed by atoms with E-state index < -0.39 is 4.92 Å². The van der Waals surface area contributed by atoms with Crippen molar-refractivity contribution in [3.05, 3.63) is 22.2 Å². The third-order valence-electron chi connectivity index (χ3n) is 2.74. The summed E-state index contributed by atoms with van der Waals surface area (Å²) in [5, 5.41) is 22.8. The molecule has 106 valence electrons. The summed E-state index contributed by atoms with van der Waals surface area (Å²) >= 11 is 0. The van der Waals surface area contributed by atoms with Crippen molar-refractivity contribution >= 4 is 17.3 Å². The Kier molecular flexibility index (Phi) is 6.01. The second kappa shape index (κ2) is 7.52. The van der Waals surface area contributed by atoms with Gasteiger partial charge in [-0.05, 0) is 6.42 Å². The van der Waals surface area contributed by atoms with E-state index in [1.807, 2.05) is 4.90 Å². The van der Waals surface area contributed by atoms with Crippen LogP contribution in [0.2, 0.25) is 0 Å². The molecule has 0 atom stereocenters. The summed E-state index contributed by atoms with van der Waals surface area (Å²) in [5.74, 6) is 0.963. The second-order valence-corrected chi connectivity index (χ2v) is 4.14. The van der Waals surface area contributed by atoms with Crippen LogP contribution < -0.4 is 10.2 Å². The van der Waals surface area contributed by atoms with Gasteiger partial charge in [0.15, 0.2) is 0 Å². The molecule has 1 aromatic heterocycles. The lowest BCUT2D eigenvalue weighted by Gasteiger charge is -2.22. The first kappa shape index (κ1) is 15.2. The molecule has 19 heavy (non-hydrogen) atoms. The summed E-state index contributed by atoms with van der Waals surface area (Å²) in [5.41, 5.74) is -0.00575. The first-order valence-corrected chi connectivity index (χ1v) is 6.32. The largest absolute Gasteiger partial charge is 0.395 e. The van der Waals surface area contributed by atoms with Gasteiger partial charge in [0, 0.05) is 20.1 Å². The average Bonchev–Trinajstić information content (AvgIpc) is 2.42.